The van der Waals surface area contributed by atoms with Crippen molar-refractivity contribution < 1.29 is 18.0 Å². The lowest BCUT2D eigenvalue weighted by atomic mass is 9.93. The van der Waals surface area contributed by atoms with Gasteiger partial charge in [-0.25, -0.2) is 15.0 Å². The van der Waals surface area contributed by atoms with E-state index in [9.17, 15) is 18.0 Å². The molecule has 3 aromatic rings. The number of nitrogens with zero attached hydrogens (tertiary/aromatic N) is 5. The van der Waals surface area contributed by atoms with Gasteiger partial charge >= 0.3 is 6.18 Å². The minimum Gasteiger partial charge on any atom is -0.342 e. The van der Waals surface area contributed by atoms with Crippen molar-refractivity contribution in [3.8, 4) is 5.95 Å². The molecule has 1 N–H and O–H groups in total. The molecule has 1 aromatic carbocycles. The maximum Gasteiger partial charge on any atom is 0.398 e. The summed E-state index contributed by atoms with van der Waals surface area (Å²) in [4.78, 5) is 25.4. The average molecular weight is 560 g/mol. The van der Waals surface area contributed by atoms with Crippen molar-refractivity contribution in [2.24, 2.45) is 0 Å². The van der Waals surface area contributed by atoms with Crippen molar-refractivity contribution >= 4 is 37.8 Å². The van der Waals surface area contributed by atoms with Crippen molar-refractivity contribution in [1.29, 1.82) is 0 Å². The van der Waals surface area contributed by atoms with Crippen LogP contribution in [0.3, 0.4) is 0 Å². The van der Waals surface area contributed by atoms with E-state index >= 15 is 0 Å². The van der Waals surface area contributed by atoms with E-state index in [0.29, 0.717) is 10.3 Å². The fourth-order valence-electron chi connectivity index (χ4n) is 3.33. The number of hydrogen-bond acceptors (Lipinski definition) is 5. The number of nitrogens with one attached hydrogen (secondary N) is 1. The Morgan fingerprint density at radius 2 is 1.87 bits per heavy atom. The van der Waals surface area contributed by atoms with Gasteiger partial charge in [0.15, 0.2) is 5.82 Å². The Kier molecular flexibility index (Phi) is 5.63. The number of carbonyl (C=O) groups excluding carboxylic acids is 1. The quantitative estimate of drug-likeness (QED) is 0.491. The number of hydrogen-bond donors (Lipinski definition) is 1. The smallest absolute Gasteiger partial charge is 0.342 e. The third kappa shape index (κ3) is 4.22. The molecule has 12 heteroatoms. The standard InChI is InChI=1S/C19H15Br2F3N6O/c1-10(14-28-16(21)29-30(14)17-25-5-2-6-26-17)27-15(31)11-7-12(9-13(20)8-11)18(3-4-18)19(22,23)24/h2,5-10H,3-4H2,1H3,(H,27,31). The lowest BCUT2D eigenvalue weighted by molar-refractivity contribution is -0.160. The SMILES string of the molecule is CC(NC(=O)c1cc(Br)cc(C2(C(F)(F)F)CC2)c1)c1nc(Br)nn1-c1ncccn1. The summed E-state index contributed by atoms with van der Waals surface area (Å²) in [6.07, 6.45) is -1.25. The minimum atomic E-state index is -4.37. The van der Waals surface area contributed by atoms with Crippen molar-refractivity contribution in [3.63, 3.8) is 0 Å². The van der Waals surface area contributed by atoms with Gasteiger partial charge in [-0.3, -0.25) is 4.79 Å². The molecule has 1 amide bonds. The van der Waals surface area contributed by atoms with Crippen LogP contribution in [0.15, 0.2) is 45.9 Å². The fourth-order valence-corrected chi connectivity index (χ4v) is 4.16. The van der Waals surface area contributed by atoms with E-state index in [1.165, 1.54) is 22.9 Å². The predicted octanol–water partition coefficient (Wildman–Crippen LogP) is 4.67. The Bertz CT molecular complexity index is 1130. The Morgan fingerprint density at radius 1 is 1.19 bits per heavy atom. The lowest BCUT2D eigenvalue weighted by Crippen LogP contribution is -2.31. The third-order valence-electron chi connectivity index (χ3n) is 5.09. The summed E-state index contributed by atoms with van der Waals surface area (Å²) in [5.74, 6) is 0.0886. The zero-order chi connectivity index (χ0) is 22.4. The Hall–Kier alpha value is -2.34. The van der Waals surface area contributed by atoms with Crippen molar-refractivity contribution in [3.05, 3.63) is 62.8 Å². The molecule has 0 spiro atoms. The largest absolute Gasteiger partial charge is 0.398 e. The van der Waals surface area contributed by atoms with Crippen LogP contribution in [0.5, 0.6) is 0 Å². The highest BCUT2D eigenvalue weighted by atomic mass is 79.9. The number of carbonyl (C=O) groups is 1. The molecule has 1 unspecified atom stereocenters. The van der Waals surface area contributed by atoms with E-state index in [0.717, 1.165) is 0 Å². The first-order valence-electron chi connectivity index (χ1n) is 9.19. The second kappa shape index (κ2) is 7.97. The van der Waals surface area contributed by atoms with Crippen LogP contribution in [-0.4, -0.2) is 36.8 Å². The zero-order valence-corrected chi connectivity index (χ0v) is 19.2. The van der Waals surface area contributed by atoms with E-state index in [4.69, 9.17) is 0 Å². The lowest BCUT2D eigenvalue weighted by Gasteiger charge is -2.21. The normalized spacial score (nSPS) is 16.1. The van der Waals surface area contributed by atoms with Crippen molar-refractivity contribution in [2.75, 3.05) is 0 Å². The molecular weight excluding hydrogens is 545 g/mol. The van der Waals surface area contributed by atoms with Gasteiger partial charge in [0.2, 0.25) is 4.73 Å². The fraction of sp³-hybridized carbons (Fsp3) is 0.316. The molecule has 1 saturated carbocycles. The summed E-state index contributed by atoms with van der Waals surface area (Å²) < 4.78 is 42.7. The topological polar surface area (TPSA) is 85.6 Å². The van der Waals surface area contributed by atoms with Crippen LogP contribution < -0.4 is 5.32 Å². The second-order valence-electron chi connectivity index (χ2n) is 7.20. The maximum absolute atomic E-state index is 13.5. The summed E-state index contributed by atoms with van der Waals surface area (Å²) in [5.41, 5.74) is -1.68. The van der Waals surface area contributed by atoms with Crippen LogP contribution in [-0.2, 0) is 5.41 Å². The molecule has 4 rings (SSSR count). The molecule has 1 atom stereocenters. The van der Waals surface area contributed by atoms with Crippen LogP contribution in [0.25, 0.3) is 5.95 Å². The number of halogens is 5. The number of alkyl halides is 3. The van der Waals surface area contributed by atoms with Gasteiger partial charge in [0.05, 0.1) is 11.5 Å². The van der Waals surface area contributed by atoms with Crippen LogP contribution in [0.2, 0.25) is 0 Å². The van der Waals surface area contributed by atoms with Gasteiger partial charge < -0.3 is 5.32 Å². The molecule has 0 radical (unpaired) electrons. The number of aromatic nitrogens is 5. The van der Waals surface area contributed by atoms with Crippen LogP contribution in [0, 0.1) is 0 Å². The molecule has 162 valence electrons. The molecule has 7 nitrogen and oxygen atoms in total. The van der Waals surface area contributed by atoms with E-state index in [1.807, 2.05) is 0 Å². The van der Waals surface area contributed by atoms with Gasteiger partial charge in [0.25, 0.3) is 11.9 Å². The Morgan fingerprint density at radius 3 is 2.48 bits per heavy atom. The molecular formula is C19H15Br2F3N6O. The first-order chi connectivity index (χ1) is 14.6. The van der Waals surface area contributed by atoms with E-state index in [-0.39, 0.29) is 34.7 Å². The molecule has 0 bridgehead atoms. The number of rotatable bonds is 5. The predicted molar refractivity (Wildman–Crippen MR) is 112 cm³/mol. The van der Waals surface area contributed by atoms with Gasteiger partial charge in [0.1, 0.15) is 0 Å². The van der Waals surface area contributed by atoms with Crippen molar-refractivity contribution in [1.82, 2.24) is 30.0 Å². The second-order valence-corrected chi connectivity index (χ2v) is 8.83. The molecule has 1 aliphatic rings. The average Bonchev–Trinajstić information content (AvgIpc) is 3.45. The van der Waals surface area contributed by atoms with Crippen LogP contribution in [0.1, 0.15) is 47.6 Å². The molecule has 2 aromatic heterocycles. The van der Waals surface area contributed by atoms with Gasteiger partial charge in [0, 0.05) is 22.4 Å². The van der Waals surface area contributed by atoms with Crippen LogP contribution in [0.4, 0.5) is 13.2 Å². The molecule has 31 heavy (non-hydrogen) atoms. The first kappa shape index (κ1) is 21.9. The monoisotopic (exact) mass is 558 g/mol. The molecule has 2 heterocycles. The molecule has 1 aliphatic carbocycles. The van der Waals surface area contributed by atoms with Gasteiger partial charge in [-0.1, -0.05) is 15.9 Å². The zero-order valence-electron chi connectivity index (χ0n) is 16.0. The van der Waals surface area contributed by atoms with Crippen LogP contribution >= 0.6 is 31.9 Å². The summed E-state index contributed by atoms with van der Waals surface area (Å²) in [5, 5.41) is 6.95. The third-order valence-corrected chi connectivity index (χ3v) is 5.88. The number of amides is 1. The highest BCUT2D eigenvalue weighted by Crippen LogP contribution is 2.59. The number of benzene rings is 1. The van der Waals surface area contributed by atoms with Crippen molar-refractivity contribution in [2.45, 2.75) is 37.4 Å². The van der Waals surface area contributed by atoms with E-state index in [2.05, 4.69) is 57.2 Å². The minimum absolute atomic E-state index is 0.0125. The molecule has 0 aliphatic heterocycles. The Labute approximate surface area is 191 Å². The summed E-state index contributed by atoms with van der Waals surface area (Å²) in [7, 11) is 0. The summed E-state index contributed by atoms with van der Waals surface area (Å²) in [6, 6.07) is 5.22. The summed E-state index contributed by atoms with van der Waals surface area (Å²) >= 11 is 6.43. The highest BCUT2D eigenvalue weighted by Gasteiger charge is 2.64. The van der Waals surface area contributed by atoms with E-state index < -0.39 is 23.5 Å². The first-order valence-corrected chi connectivity index (χ1v) is 10.8. The maximum atomic E-state index is 13.5. The molecule has 1 fully saturated rings. The summed E-state index contributed by atoms with van der Waals surface area (Å²) in [6.45, 7) is 1.69. The van der Waals surface area contributed by atoms with E-state index in [1.54, 1.807) is 25.4 Å². The molecule has 0 saturated heterocycles. The van der Waals surface area contributed by atoms with Gasteiger partial charge in [-0.05, 0) is 65.5 Å². The van der Waals surface area contributed by atoms with Gasteiger partial charge in [-0.2, -0.15) is 17.9 Å². The Balaban J connectivity index is 1.60. The highest BCUT2D eigenvalue weighted by molar-refractivity contribution is 9.10. The van der Waals surface area contributed by atoms with Gasteiger partial charge in [-0.15, -0.1) is 5.10 Å².